The number of benzene rings is 2. The summed E-state index contributed by atoms with van der Waals surface area (Å²) in [5, 5.41) is 3.77. The van der Waals surface area contributed by atoms with Gasteiger partial charge >= 0.3 is 0 Å². The zero-order valence-corrected chi connectivity index (χ0v) is 19.0. The Kier molecular flexibility index (Phi) is 9.75. The van der Waals surface area contributed by atoms with Crippen LogP contribution in [0.15, 0.2) is 42.5 Å². The molecule has 0 unspecified atom stereocenters. The van der Waals surface area contributed by atoms with Crippen LogP contribution in [-0.2, 0) is 16.1 Å². The van der Waals surface area contributed by atoms with E-state index < -0.39 is 0 Å². The van der Waals surface area contributed by atoms with Gasteiger partial charge < -0.3 is 19.5 Å². The Morgan fingerprint density at radius 3 is 2.71 bits per heavy atom. The zero-order chi connectivity index (χ0) is 21.9. The quantitative estimate of drug-likeness (QED) is 0.503. The highest BCUT2D eigenvalue weighted by Gasteiger charge is 2.10. The molecule has 8 heteroatoms. The topological polar surface area (TPSA) is 60.0 Å². The van der Waals surface area contributed by atoms with Crippen LogP contribution in [0.25, 0.3) is 0 Å². The SMILES string of the molecule is O=C(CCCOc1cccc(Cl)c1Cl)NCc1cccc(OCCN2CCOCC2)c1. The van der Waals surface area contributed by atoms with Crippen molar-refractivity contribution < 1.29 is 19.0 Å². The van der Waals surface area contributed by atoms with E-state index in [2.05, 4.69) is 10.2 Å². The van der Waals surface area contributed by atoms with Crippen molar-refractivity contribution >= 4 is 29.1 Å². The highest BCUT2D eigenvalue weighted by molar-refractivity contribution is 6.42. The number of ether oxygens (including phenoxy) is 3. The fraction of sp³-hybridized carbons (Fsp3) is 0.435. The number of carbonyl (C=O) groups excluding carboxylic acids is 1. The monoisotopic (exact) mass is 466 g/mol. The maximum absolute atomic E-state index is 12.1. The largest absolute Gasteiger partial charge is 0.492 e. The molecular weight excluding hydrogens is 439 g/mol. The van der Waals surface area contributed by atoms with Crippen molar-refractivity contribution in [1.82, 2.24) is 10.2 Å². The second-order valence-electron chi connectivity index (χ2n) is 7.23. The van der Waals surface area contributed by atoms with E-state index in [1.165, 1.54) is 0 Å². The minimum absolute atomic E-state index is 0.0283. The van der Waals surface area contributed by atoms with Gasteiger partial charge in [0.1, 0.15) is 23.1 Å². The van der Waals surface area contributed by atoms with Crippen molar-refractivity contribution in [3.05, 3.63) is 58.1 Å². The molecule has 0 aromatic heterocycles. The predicted molar refractivity (Wildman–Crippen MR) is 122 cm³/mol. The Bertz CT molecular complexity index is 844. The summed E-state index contributed by atoms with van der Waals surface area (Å²) in [6.45, 7) is 5.84. The van der Waals surface area contributed by atoms with Crippen molar-refractivity contribution in [1.29, 1.82) is 0 Å². The molecule has 1 amide bonds. The summed E-state index contributed by atoms with van der Waals surface area (Å²) in [7, 11) is 0. The summed E-state index contributed by atoms with van der Waals surface area (Å²) in [6.07, 6.45) is 0.952. The van der Waals surface area contributed by atoms with Crippen LogP contribution in [0.5, 0.6) is 11.5 Å². The summed E-state index contributed by atoms with van der Waals surface area (Å²) in [5.74, 6) is 1.31. The molecule has 0 saturated carbocycles. The van der Waals surface area contributed by atoms with Gasteiger partial charge in [0.25, 0.3) is 0 Å². The Hall–Kier alpha value is -1.99. The van der Waals surface area contributed by atoms with Crippen molar-refractivity contribution in [3.63, 3.8) is 0 Å². The van der Waals surface area contributed by atoms with Gasteiger partial charge in [-0.05, 0) is 36.2 Å². The van der Waals surface area contributed by atoms with E-state index in [0.29, 0.717) is 48.4 Å². The first-order valence-corrected chi connectivity index (χ1v) is 11.2. The number of morpholine rings is 1. The lowest BCUT2D eigenvalue weighted by Crippen LogP contribution is -2.38. The number of halogens is 2. The Balaban J connectivity index is 1.32. The number of nitrogens with one attached hydrogen (secondary N) is 1. The van der Waals surface area contributed by atoms with Crippen LogP contribution in [0.1, 0.15) is 18.4 Å². The van der Waals surface area contributed by atoms with Crippen molar-refractivity contribution in [2.75, 3.05) is 46.1 Å². The van der Waals surface area contributed by atoms with Crippen LogP contribution in [0, 0.1) is 0 Å². The summed E-state index contributed by atoms with van der Waals surface area (Å²) in [6, 6.07) is 13.0. The fourth-order valence-corrected chi connectivity index (χ4v) is 3.51. The third kappa shape index (κ3) is 8.22. The molecule has 1 aliphatic rings. The molecule has 0 bridgehead atoms. The molecule has 6 nitrogen and oxygen atoms in total. The molecule has 0 atom stereocenters. The zero-order valence-electron chi connectivity index (χ0n) is 17.4. The van der Waals surface area contributed by atoms with E-state index in [-0.39, 0.29) is 5.91 Å². The maximum atomic E-state index is 12.1. The van der Waals surface area contributed by atoms with Gasteiger partial charge in [-0.1, -0.05) is 41.4 Å². The summed E-state index contributed by atoms with van der Waals surface area (Å²) < 4.78 is 16.8. The molecule has 1 saturated heterocycles. The van der Waals surface area contributed by atoms with Crippen molar-refractivity contribution in [3.8, 4) is 11.5 Å². The minimum Gasteiger partial charge on any atom is -0.492 e. The van der Waals surface area contributed by atoms with Gasteiger partial charge in [-0.25, -0.2) is 0 Å². The molecule has 0 aliphatic carbocycles. The van der Waals surface area contributed by atoms with Gasteiger partial charge in [-0.3, -0.25) is 9.69 Å². The minimum atomic E-state index is -0.0283. The number of rotatable bonds is 11. The van der Waals surface area contributed by atoms with Crippen LogP contribution in [0.4, 0.5) is 0 Å². The van der Waals surface area contributed by atoms with Crippen LogP contribution in [0.3, 0.4) is 0 Å². The smallest absolute Gasteiger partial charge is 0.220 e. The van der Waals surface area contributed by atoms with Gasteiger partial charge in [-0.15, -0.1) is 0 Å². The molecule has 0 spiro atoms. The van der Waals surface area contributed by atoms with E-state index in [1.807, 2.05) is 24.3 Å². The normalized spacial score (nSPS) is 14.3. The molecule has 2 aromatic rings. The average molecular weight is 467 g/mol. The van der Waals surface area contributed by atoms with E-state index in [4.69, 9.17) is 37.4 Å². The molecule has 31 heavy (non-hydrogen) atoms. The number of carbonyl (C=O) groups is 1. The first-order chi connectivity index (χ1) is 15.1. The van der Waals surface area contributed by atoms with Gasteiger partial charge in [-0.2, -0.15) is 0 Å². The number of hydrogen-bond donors (Lipinski definition) is 1. The second-order valence-corrected chi connectivity index (χ2v) is 8.02. The standard InChI is InChI=1S/C23H28Cl2N2O4/c24-20-6-2-7-21(23(20)25)31-12-3-8-22(28)26-17-18-4-1-5-19(16-18)30-15-11-27-9-13-29-14-10-27/h1-2,4-7,16H,3,8-15,17H2,(H,26,28). The molecule has 0 radical (unpaired) electrons. The highest BCUT2D eigenvalue weighted by atomic mass is 35.5. The molecule has 1 aliphatic heterocycles. The van der Waals surface area contributed by atoms with Gasteiger partial charge in [0.15, 0.2) is 0 Å². The number of amides is 1. The third-order valence-corrected chi connectivity index (χ3v) is 5.69. The maximum Gasteiger partial charge on any atom is 0.220 e. The van der Waals surface area contributed by atoms with Gasteiger partial charge in [0.2, 0.25) is 5.91 Å². The lowest BCUT2D eigenvalue weighted by atomic mass is 10.2. The molecule has 168 valence electrons. The summed E-state index contributed by atoms with van der Waals surface area (Å²) in [5.41, 5.74) is 0.999. The number of hydrogen-bond acceptors (Lipinski definition) is 5. The fourth-order valence-electron chi connectivity index (χ4n) is 3.16. The average Bonchev–Trinajstić information content (AvgIpc) is 2.79. The molecule has 1 heterocycles. The van der Waals surface area contributed by atoms with Crippen LogP contribution >= 0.6 is 23.2 Å². The second kappa shape index (κ2) is 12.8. The summed E-state index contributed by atoms with van der Waals surface area (Å²) >= 11 is 12.0. The van der Waals surface area contributed by atoms with Crippen LogP contribution < -0.4 is 14.8 Å². The van der Waals surface area contributed by atoms with E-state index in [1.54, 1.807) is 18.2 Å². The Labute approximate surface area is 193 Å². The number of nitrogens with zero attached hydrogens (tertiary/aromatic N) is 1. The van der Waals surface area contributed by atoms with Crippen LogP contribution in [0.2, 0.25) is 10.0 Å². The van der Waals surface area contributed by atoms with E-state index in [9.17, 15) is 4.79 Å². The molecule has 2 aromatic carbocycles. The molecular formula is C23H28Cl2N2O4. The first-order valence-electron chi connectivity index (χ1n) is 10.5. The first kappa shape index (κ1) is 23.7. The van der Waals surface area contributed by atoms with E-state index in [0.717, 1.165) is 44.2 Å². The molecule has 3 rings (SSSR count). The predicted octanol–water partition coefficient (Wildman–Crippen LogP) is 4.18. The highest BCUT2D eigenvalue weighted by Crippen LogP contribution is 2.31. The van der Waals surface area contributed by atoms with Gasteiger partial charge in [0, 0.05) is 32.6 Å². The van der Waals surface area contributed by atoms with E-state index >= 15 is 0 Å². The third-order valence-electron chi connectivity index (χ3n) is 4.89. The van der Waals surface area contributed by atoms with Crippen LogP contribution in [-0.4, -0.2) is 56.9 Å². The van der Waals surface area contributed by atoms with Crippen molar-refractivity contribution in [2.24, 2.45) is 0 Å². The lowest BCUT2D eigenvalue weighted by Gasteiger charge is -2.26. The lowest BCUT2D eigenvalue weighted by molar-refractivity contribution is -0.121. The van der Waals surface area contributed by atoms with Crippen molar-refractivity contribution in [2.45, 2.75) is 19.4 Å². The molecule has 1 N–H and O–H groups in total. The van der Waals surface area contributed by atoms with Gasteiger partial charge in [0.05, 0.1) is 24.8 Å². The molecule has 1 fully saturated rings. The summed E-state index contributed by atoms with van der Waals surface area (Å²) in [4.78, 5) is 14.5. The Morgan fingerprint density at radius 2 is 1.87 bits per heavy atom. The Morgan fingerprint density at radius 1 is 1.06 bits per heavy atom.